The van der Waals surface area contributed by atoms with Crippen LogP contribution in [0.2, 0.25) is 0 Å². The fraction of sp³-hybridized carbons (Fsp3) is 0.400. The van der Waals surface area contributed by atoms with Gasteiger partial charge in [-0.3, -0.25) is 14.8 Å². The molecule has 1 atom stereocenters. The summed E-state index contributed by atoms with van der Waals surface area (Å²) >= 11 is 0. The summed E-state index contributed by atoms with van der Waals surface area (Å²) in [6.45, 7) is 0. The first-order chi connectivity index (χ1) is 17.6. The van der Waals surface area contributed by atoms with E-state index < -0.39 is 12.0 Å². The molecular formula is C30H35N3O3. The van der Waals surface area contributed by atoms with Gasteiger partial charge >= 0.3 is 5.97 Å². The maximum absolute atomic E-state index is 12.6. The van der Waals surface area contributed by atoms with Gasteiger partial charge in [0.25, 0.3) is 5.91 Å². The van der Waals surface area contributed by atoms with E-state index in [4.69, 9.17) is 4.98 Å². The number of fused-ring (bicyclic) bond motifs is 1. The van der Waals surface area contributed by atoms with E-state index in [9.17, 15) is 14.7 Å². The Morgan fingerprint density at radius 2 is 1.53 bits per heavy atom. The molecule has 1 aliphatic rings. The minimum atomic E-state index is -0.991. The molecule has 6 nitrogen and oxygen atoms in total. The summed E-state index contributed by atoms with van der Waals surface area (Å²) in [5, 5.41) is 12.3. The van der Waals surface area contributed by atoms with E-state index in [0.29, 0.717) is 12.0 Å². The smallest absolute Gasteiger partial charge is 0.326 e. The van der Waals surface area contributed by atoms with Crippen LogP contribution in [0.5, 0.6) is 0 Å². The number of nitrogens with one attached hydrogen (secondary N) is 1. The first-order valence-corrected chi connectivity index (χ1v) is 13.1. The molecule has 0 saturated carbocycles. The SMILES string of the molecule is O=C(N[C@@H](CCCCCCCc1ccc2c(n1)CCCC2)C(=O)O)c1ccc(-c2ccncc2)cc1. The van der Waals surface area contributed by atoms with Crippen LogP contribution in [0, 0.1) is 0 Å². The number of unbranched alkanes of at least 4 members (excludes halogenated alkanes) is 4. The number of aliphatic carboxylic acids is 1. The molecule has 0 saturated heterocycles. The molecule has 0 radical (unpaired) electrons. The van der Waals surface area contributed by atoms with Crippen LogP contribution in [0.3, 0.4) is 0 Å². The predicted octanol–water partition coefficient (Wildman–Crippen LogP) is 5.79. The molecule has 3 aromatic rings. The maximum Gasteiger partial charge on any atom is 0.326 e. The highest BCUT2D eigenvalue weighted by atomic mass is 16.4. The van der Waals surface area contributed by atoms with Crippen LogP contribution >= 0.6 is 0 Å². The van der Waals surface area contributed by atoms with Crippen molar-refractivity contribution in [1.29, 1.82) is 0 Å². The number of hydrogen-bond donors (Lipinski definition) is 2. The lowest BCUT2D eigenvalue weighted by atomic mass is 9.95. The highest BCUT2D eigenvalue weighted by Crippen LogP contribution is 2.21. The van der Waals surface area contributed by atoms with E-state index in [1.165, 1.54) is 36.2 Å². The molecule has 0 unspecified atom stereocenters. The minimum absolute atomic E-state index is 0.360. The monoisotopic (exact) mass is 485 g/mol. The highest BCUT2D eigenvalue weighted by molar-refractivity contribution is 5.97. The molecule has 1 amide bonds. The fourth-order valence-electron chi connectivity index (χ4n) is 4.81. The van der Waals surface area contributed by atoms with Gasteiger partial charge in [0.15, 0.2) is 0 Å². The maximum atomic E-state index is 12.6. The first kappa shape index (κ1) is 25.5. The van der Waals surface area contributed by atoms with Gasteiger partial charge in [-0.15, -0.1) is 0 Å². The third kappa shape index (κ3) is 7.23. The number of carbonyl (C=O) groups excluding carboxylic acids is 1. The third-order valence-electron chi connectivity index (χ3n) is 6.93. The number of carboxylic acids is 1. The van der Waals surface area contributed by atoms with E-state index in [2.05, 4.69) is 22.4 Å². The van der Waals surface area contributed by atoms with E-state index in [-0.39, 0.29) is 5.91 Å². The Labute approximate surface area is 213 Å². The van der Waals surface area contributed by atoms with Crippen molar-refractivity contribution in [3.63, 3.8) is 0 Å². The topological polar surface area (TPSA) is 92.2 Å². The molecule has 2 heterocycles. The number of nitrogens with zero attached hydrogens (tertiary/aromatic N) is 2. The average molecular weight is 486 g/mol. The summed E-state index contributed by atoms with van der Waals surface area (Å²) in [7, 11) is 0. The molecular weight excluding hydrogens is 450 g/mol. The molecule has 36 heavy (non-hydrogen) atoms. The Kier molecular flexibility index (Phi) is 9.20. The quantitative estimate of drug-likeness (QED) is 0.317. The van der Waals surface area contributed by atoms with Crippen LogP contribution in [0.4, 0.5) is 0 Å². The highest BCUT2D eigenvalue weighted by Gasteiger charge is 2.20. The van der Waals surface area contributed by atoms with Crippen molar-refractivity contribution in [2.24, 2.45) is 0 Å². The van der Waals surface area contributed by atoms with Crippen LogP contribution in [0.1, 0.15) is 78.7 Å². The van der Waals surface area contributed by atoms with Crippen molar-refractivity contribution in [1.82, 2.24) is 15.3 Å². The molecule has 4 rings (SSSR count). The average Bonchev–Trinajstić information content (AvgIpc) is 2.92. The molecule has 188 valence electrons. The summed E-state index contributed by atoms with van der Waals surface area (Å²) in [5.41, 5.74) is 6.36. The van der Waals surface area contributed by atoms with Crippen molar-refractivity contribution in [3.8, 4) is 11.1 Å². The summed E-state index contributed by atoms with van der Waals surface area (Å²) in [6.07, 6.45) is 14.7. The van der Waals surface area contributed by atoms with Crippen molar-refractivity contribution in [2.75, 3.05) is 0 Å². The van der Waals surface area contributed by atoms with Crippen molar-refractivity contribution in [3.05, 3.63) is 83.4 Å². The first-order valence-electron chi connectivity index (χ1n) is 13.1. The van der Waals surface area contributed by atoms with Gasteiger partial charge in [0.05, 0.1) is 0 Å². The molecule has 0 aliphatic heterocycles. The molecule has 2 aromatic heterocycles. The second kappa shape index (κ2) is 13.0. The molecule has 0 spiro atoms. The Balaban J connectivity index is 1.15. The Morgan fingerprint density at radius 1 is 0.833 bits per heavy atom. The summed E-state index contributed by atoms with van der Waals surface area (Å²) in [6, 6.07) is 14.5. The Bertz CT molecular complexity index is 1150. The van der Waals surface area contributed by atoms with Crippen molar-refractivity contribution < 1.29 is 14.7 Å². The van der Waals surface area contributed by atoms with E-state index in [1.54, 1.807) is 24.5 Å². The molecule has 0 fully saturated rings. The number of pyridine rings is 2. The van der Waals surface area contributed by atoms with Gasteiger partial charge in [0.2, 0.25) is 0 Å². The van der Waals surface area contributed by atoms with Crippen LogP contribution in [-0.2, 0) is 24.1 Å². The summed E-state index contributed by atoms with van der Waals surface area (Å²) in [4.78, 5) is 33.2. The predicted molar refractivity (Wildman–Crippen MR) is 141 cm³/mol. The van der Waals surface area contributed by atoms with Gasteiger partial charge < -0.3 is 10.4 Å². The van der Waals surface area contributed by atoms with Gasteiger partial charge in [0, 0.05) is 29.3 Å². The van der Waals surface area contributed by atoms with Gasteiger partial charge in [-0.1, -0.05) is 43.9 Å². The number of aryl methyl sites for hydroxylation is 3. The van der Waals surface area contributed by atoms with E-state index >= 15 is 0 Å². The van der Waals surface area contributed by atoms with Crippen LogP contribution < -0.4 is 5.32 Å². The van der Waals surface area contributed by atoms with E-state index in [1.807, 2.05) is 24.3 Å². The lowest BCUT2D eigenvalue weighted by molar-refractivity contribution is -0.139. The zero-order chi connectivity index (χ0) is 25.2. The Hall–Kier alpha value is -3.54. The molecule has 1 aromatic carbocycles. The van der Waals surface area contributed by atoms with Crippen LogP contribution in [-0.4, -0.2) is 33.0 Å². The zero-order valence-corrected chi connectivity index (χ0v) is 20.8. The largest absolute Gasteiger partial charge is 0.480 e. The van der Waals surface area contributed by atoms with Gasteiger partial charge in [-0.25, -0.2) is 4.79 Å². The Morgan fingerprint density at radius 3 is 2.31 bits per heavy atom. The molecule has 2 N–H and O–H groups in total. The van der Waals surface area contributed by atoms with E-state index in [0.717, 1.165) is 56.1 Å². The second-order valence-electron chi connectivity index (χ2n) is 9.60. The summed E-state index contributed by atoms with van der Waals surface area (Å²) < 4.78 is 0. The number of aromatic nitrogens is 2. The lowest BCUT2D eigenvalue weighted by Crippen LogP contribution is -2.40. The van der Waals surface area contributed by atoms with Gasteiger partial charge in [-0.05, 0) is 92.0 Å². The van der Waals surface area contributed by atoms with Crippen LogP contribution in [0.25, 0.3) is 11.1 Å². The number of benzene rings is 1. The number of carbonyl (C=O) groups is 2. The number of carboxylic acid groups (broad SMARTS) is 1. The fourth-order valence-corrected chi connectivity index (χ4v) is 4.81. The molecule has 6 heteroatoms. The minimum Gasteiger partial charge on any atom is -0.480 e. The van der Waals surface area contributed by atoms with Gasteiger partial charge in [0.1, 0.15) is 6.04 Å². The van der Waals surface area contributed by atoms with Gasteiger partial charge in [-0.2, -0.15) is 0 Å². The number of hydrogen-bond acceptors (Lipinski definition) is 4. The van der Waals surface area contributed by atoms with Crippen molar-refractivity contribution >= 4 is 11.9 Å². The second-order valence-corrected chi connectivity index (χ2v) is 9.60. The molecule has 1 aliphatic carbocycles. The third-order valence-corrected chi connectivity index (χ3v) is 6.93. The number of rotatable bonds is 12. The van der Waals surface area contributed by atoms with Crippen LogP contribution in [0.15, 0.2) is 60.9 Å². The molecule has 0 bridgehead atoms. The normalized spacial score (nSPS) is 13.6. The lowest BCUT2D eigenvalue weighted by Gasteiger charge is -2.15. The standard InChI is InChI=1S/C30H35N3O3/c34-29(25-14-12-22(13-15-25)23-18-20-31-21-19-23)33-28(30(35)36)11-5-3-1-2-4-9-26-17-16-24-8-6-7-10-27(24)32-26/h12-21,28H,1-11H2,(H,33,34)(H,35,36)/t28-/m0/s1. The number of amides is 1. The zero-order valence-electron chi connectivity index (χ0n) is 20.8. The van der Waals surface area contributed by atoms with Crippen molar-refractivity contribution in [2.45, 2.75) is 76.7 Å². The summed E-state index contributed by atoms with van der Waals surface area (Å²) in [5.74, 6) is -1.35.